The zero-order valence-electron chi connectivity index (χ0n) is 8.42. The van der Waals surface area contributed by atoms with Gasteiger partial charge in [-0.3, -0.25) is 4.79 Å². The number of Topliss-reactive ketones (excluding diaryl/α,β-unsaturated/α-hetero) is 1. The zero-order valence-corrected chi connectivity index (χ0v) is 8.42. The van der Waals surface area contributed by atoms with Crippen molar-refractivity contribution in [2.75, 3.05) is 6.54 Å². The molecule has 0 aromatic heterocycles. The van der Waals surface area contributed by atoms with Gasteiger partial charge in [-0.05, 0) is 25.5 Å². The molecule has 0 aliphatic carbocycles. The van der Waals surface area contributed by atoms with Crippen molar-refractivity contribution in [1.82, 2.24) is 5.32 Å². The standard InChI is InChI=1S/C12H15NO/c1-9-2-4-10(5-3-9)8-12(14)11-6-7-13-11/h2-5,11,13H,6-8H2,1H3. The number of carbonyl (C=O) groups excluding carboxylic acids is 1. The highest BCUT2D eigenvalue weighted by molar-refractivity contribution is 5.86. The third-order valence-corrected chi connectivity index (χ3v) is 2.71. The summed E-state index contributed by atoms with van der Waals surface area (Å²) >= 11 is 0. The van der Waals surface area contributed by atoms with Gasteiger partial charge in [0.05, 0.1) is 6.04 Å². The van der Waals surface area contributed by atoms with Crippen LogP contribution in [0.15, 0.2) is 24.3 Å². The Morgan fingerprint density at radius 3 is 2.57 bits per heavy atom. The molecule has 2 heteroatoms. The molecule has 1 aromatic carbocycles. The lowest BCUT2D eigenvalue weighted by Crippen LogP contribution is -2.49. The molecule has 74 valence electrons. The Balaban J connectivity index is 1.96. The maximum atomic E-state index is 11.6. The summed E-state index contributed by atoms with van der Waals surface area (Å²) in [6, 6.07) is 8.29. The topological polar surface area (TPSA) is 29.1 Å². The molecule has 0 radical (unpaired) electrons. The van der Waals surface area contributed by atoms with Crippen LogP contribution in [-0.2, 0) is 11.2 Å². The fourth-order valence-electron chi connectivity index (χ4n) is 1.59. The van der Waals surface area contributed by atoms with Gasteiger partial charge in [-0.1, -0.05) is 29.8 Å². The van der Waals surface area contributed by atoms with Crippen LogP contribution in [-0.4, -0.2) is 18.4 Å². The molecule has 1 aliphatic heterocycles. The highest BCUT2D eigenvalue weighted by Crippen LogP contribution is 2.09. The van der Waals surface area contributed by atoms with Crippen LogP contribution in [0.25, 0.3) is 0 Å². The Morgan fingerprint density at radius 1 is 1.43 bits per heavy atom. The number of carbonyl (C=O) groups is 1. The molecule has 0 amide bonds. The molecule has 0 bridgehead atoms. The SMILES string of the molecule is Cc1ccc(CC(=O)C2CCN2)cc1. The Bertz CT molecular complexity index is 325. The molecule has 1 atom stereocenters. The second-order valence-corrected chi connectivity index (χ2v) is 3.92. The van der Waals surface area contributed by atoms with Gasteiger partial charge in [0.1, 0.15) is 0 Å². The van der Waals surface area contributed by atoms with Gasteiger partial charge in [0, 0.05) is 6.42 Å². The minimum Gasteiger partial charge on any atom is -0.307 e. The van der Waals surface area contributed by atoms with Crippen molar-refractivity contribution >= 4 is 5.78 Å². The Labute approximate surface area is 84.3 Å². The molecule has 1 N–H and O–H groups in total. The molecule has 1 aliphatic rings. The molecule has 2 rings (SSSR count). The van der Waals surface area contributed by atoms with Crippen molar-refractivity contribution in [3.05, 3.63) is 35.4 Å². The second-order valence-electron chi connectivity index (χ2n) is 3.92. The number of hydrogen-bond donors (Lipinski definition) is 1. The maximum absolute atomic E-state index is 11.6. The normalized spacial score (nSPS) is 20.2. The fourth-order valence-corrected chi connectivity index (χ4v) is 1.59. The number of aryl methyl sites for hydroxylation is 1. The minimum atomic E-state index is 0.122. The van der Waals surface area contributed by atoms with Crippen molar-refractivity contribution < 1.29 is 4.79 Å². The van der Waals surface area contributed by atoms with Gasteiger partial charge < -0.3 is 5.32 Å². The summed E-state index contributed by atoms with van der Waals surface area (Å²) in [4.78, 5) is 11.6. The van der Waals surface area contributed by atoms with Crippen molar-refractivity contribution in [3.63, 3.8) is 0 Å². The van der Waals surface area contributed by atoms with E-state index in [9.17, 15) is 4.79 Å². The van der Waals surface area contributed by atoms with Crippen LogP contribution in [0.1, 0.15) is 17.5 Å². The van der Waals surface area contributed by atoms with E-state index >= 15 is 0 Å². The highest BCUT2D eigenvalue weighted by atomic mass is 16.1. The first-order chi connectivity index (χ1) is 6.75. The summed E-state index contributed by atoms with van der Waals surface area (Å²) in [7, 11) is 0. The van der Waals surface area contributed by atoms with E-state index < -0.39 is 0 Å². The number of nitrogens with one attached hydrogen (secondary N) is 1. The van der Waals surface area contributed by atoms with Gasteiger partial charge in [0.2, 0.25) is 0 Å². The summed E-state index contributed by atoms with van der Waals surface area (Å²) < 4.78 is 0. The van der Waals surface area contributed by atoms with Gasteiger partial charge in [0.15, 0.2) is 5.78 Å². The zero-order chi connectivity index (χ0) is 9.97. The summed E-state index contributed by atoms with van der Waals surface area (Å²) in [6.45, 7) is 3.05. The van der Waals surface area contributed by atoms with Crippen molar-refractivity contribution in [3.8, 4) is 0 Å². The van der Waals surface area contributed by atoms with E-state index in [0.29, 0.717) is 12.2 Å². The molecule has 0 spiro atoms. The molecule has 1 saturated heterocycles. The number of ketones is 1. The Kier molecular flexibility index (Phi) is 2.64. The molecular formula is C12H15NO. The van der Waals surface area contributed by atoms with Crippen LogP contribution in [0.5, 0.6) is 0 Å². The van der Waals surface area contributed by atoms with Crippen LogP contribution < -0.4 is 5.32 Å². The lowest BCUT2D eigenvalue weighted by molar-refractivity contribution is -0.121. The average molecular weight is 189 g/mol. The first-order valence-corrected chi connectivity index (χ1v) is 5.07. The summed E-state index contributed by atoms with van der Waals surface area (Å²) in [6.07, 6.45) is 1.57. The summed E-state index contributed by atoms with van der Waals surface area (Å²) in [5.41, 5.74) is 2.36. The minimum absolute atomic E-state index is 0.122. The lowest BCUT2D eigenvalue weighted by Gasteiger charge is -2.26. The van der Waals surface area contributed by atoms with Crippen molar-refractivity contribution in [1.29, 1.82) is 0 Å². The first-order valence-electron chi connectivity index (χ1n) is 5.07. The van der Waals surface area contributed by atoms with E-state index in [4.69, 9.17) is 0 Å². The lowest BCUT2D eigenvalue weighted by atomic mass is 9.97. The van der Waals surface area contributed by atoms with Gasteiger partial charge in [-0.25, -0.2) is 0 Å². The quantitative estimate of drug-likeness (QED) is 0.780. The van der Waals surface area contributed by atoms with Gasteiger partial charge in [-0.15, -0.1) is 0 Å². The van der Waals surface area contributed by atoms with Gasteiger partial charge >= 0.3 is 0 Å². The summed E-state index contributed by atoms with van der Waals surface area (Å²) in [5.74, 6) is 0.320. The number of benzene rings is 1. The van der Waals surface area contributed by atoms with E-state index in [1.54, 1.807) is 0 Å². The predicted molar refractivity (Wildman–Crippen MR) is 56.3 cm³/mol. The fraction of sp³-hybridized carbons (Fsp3) is 0.417. The largest absolute Gasteiger partial charge is 0.307 e. The van der Waals surface area contributed by atoms with E-state index in [0.717, 1.165) is 18.5 Å². The van der Waals surface area contributed by atoms with Crippen LogP contribution in [0.4, 0.5) is 0 Å². The Morgan fingerprint density at radius 2 is 2.07 bits per heavy atom. The number of rotatable bonds is 3. The van der Waals surface area contributed by atoms with Gasteiger partial charge in [-0.2, -0.15) is 0 Å². The molecule has 1 heterocycles. The molecule has 14 heavy (non-hydrogen) atoms. The third kappa shape index (κ3) is 2.02. The third-order valence-electron chi connectivity index (χ3n) is 2.71. The molecule has 0 saturated carbocycles. The van der Waals surface area contributed by atoms with Gasteiger partial charge in [0.25, 0.3) is 0 Å². The van der Waals surface area contributed by atoms with E-state index in [2.05, 4.69) is 24.4 Å². The van der Waals surface area contributed by atoms with Crippen LogP contribution in [0.3, 0.4) is 0 Å². The van der Waals surface area contributed by atoms with Crippen LogP contribution in [0.2, 0.25) is 0 Å². The molecule has 1 fully saturated rings. The average Bonchev–Trinajstić information content (AvgIpc) is 2.06. The predicted octanol–water partition coefficient (Wildman–Crippen LogP) is 1.47. The van der Waals surface area contributed by atoms with Crippen LogP contribution >= 0.6 is 0 Å². The molecule has 1 unspecified atom stereocenters. The van der Waals surface area contributed by atoms with Crippen molar-refractivity contribution in [2.45, 2.75) is 25.8 Å². The summed E-state index contributed by atoms with van der Waals surface area (Å²) in [5, 5.41) is 3.13. The van der Waals surface area contributed by atoms with E-state index in [1.165, 1.54) is 5.56 Å². The van der Waals surface area contributed by atoms with Crippen LogP contribution in [0, 0.1) is 6.92 Å². The molecule has 2 nitrogen and oxygen atoms in total. The van der Waals surface area contributed by atoms with Crippen molar-refractivity contribution in [2.24, 2.45) is 0 Å². The number of hydrogen-bond acceptors (Lipinski definition) is 2. The highest BCUT2D eigenvalue weighted by Gasteiger charge is 2.23. The monoisotopic (exact) mass is 189 g/mol. The smallest absolute Gasteiger partial charge is 0.154 e. The maximum Gasteiger partial charge on any atom is 0.154 e. The molecule has 1 aromatic rings. The van der Waals surface area contributed by atoms with E-state index in [1.807, 2.05) is 12.1 Å². The molecular weight excluding hydrogens is 174 g/mol. The first kappa shape index (κ1) is 9.41. The van der Waals surface area contributed by atoms with E-state index in [-0.39, 0.29) is 6.04 Å². The second kappa shape index (κ2) is 3.93. The Hall–Kier alpha value is -1.15.